The molecule has 4 rings (SSSR count). The summed E-state index contributed by atoms with van der Waals surface area (Å²) in [5.74, 6) is 4.09. The van der Waals surface area contributed by atoms with Crippen LogP contribution in [0.25, 0.3) is 0 Å². The van der Waals surface area contributed by atoms with Crippen molar-refractivity contribution in [2.24, 2.45) is 0 Å². The third-order valence-corrected chi connectivity index (χ3v) is 5.04. The van der Waals surface area contributed by atoms with E-state index < -0.39 is 0 Å². The topological polar surface area (TPSA) is 48.4 Å². The molecule has 25 heavy (non-hydrogen) atoms. The van der Waals surface area contributed by atoms with Crippen LogP contribution < -0.4 is 14.7 Å². The second-order valence-corrected chi connectivity index (χ2v) is 6.94. The maximum atomic E-state index is 4.69. The maximum Gasteiger partial charge on any atom is 0.134 e. The first kappa shape index (κ1) is 16.1. The molecule has 2 aliphatic heterocycles. The molecular formula is C19H26N6. The molecule has 2 aliphatic rings. The highest BCUT2D eigenvalue weighted by molar-refractivity contribution is 5.53. The lowest BCUT2D eigenvalue weighted by molar-refractivity contribution is 0.639. The van der Waals surface area contributed by atoms with Gasteiger partial charge < -0.3 is 14.7 Å². The Hall–Kier alpha value is -2.37. The van der Waals surface area contributed by atoms with Crippen molar-refractivity contribution in [3.8, 4) is 0 Å². The average molecular weight is 338 g/mol. The van der Waals surface area contributed by atoms with Gasteiger partial charge in [0.2, 0.25) is 0 Å². The lowest BCUT2D eigenvalue weighted by Crippen LogP contribution is -2.47. The van der Waals surface area contributed by atoms with Gasteiger partial charge in [0.25, 0.3) is 0 Å². The van der Waals surface area contributed by atoms with Crippen molar-refractivity contribution in [1.82, 2.24) is 15.0 Å². The fourth-order valence-corrected chi connectivity index (χ4v) is 3.68. The van der Waals surface area contributed by atoms with Crippen LogP contribution in [-0.4, -0.2) is 54.2 Å². The largest absolute Gasteiger partial charge is 0.356 e. The van der Waals surface area contributed by atoms with Crippen molar-refractivity contribution in [1.29, 1.82) is 0 Å². The Morgan fingerprint density at radius 3 is 1.84 bits per heavy atom. The minimum Gasteiger partial charge on any atom is -0.356 e. The van der Waals surface area contributed by atoms with Gasteiger partial charge in [-0.25, -0.2) is 15.0 Å². The van der Waals surface area contributed by atoms with Gasteiger partial charge in [-0.1, -0.05) is 6.07 Å². The molecule has 0 atom stereocenters. The van der Waals surface area contributed by atoms with Gasteiger partial charge in [0.15, 0.2) is 0 Å². The molecule has 2 fully saturated rings. The van der Waals surface area contributed by atoms with E-state index in [1.165, 1.54) is 12.8 Å². The number of piperazine rings is 1. The van der Waals surface area contributed by atoms with Gasteiger partial charge in [-0.3, -0.25) is 0 Å². The van der Waals surface area contributed by atoms with Crippen molar-refractivity contribution in [2.75, 3.05) is 54.0 Å². The van der Waals surface area contributed by atoms with E-state index in [0.717, 1.165) is 68.2 Å². The number of rotatable bonds is 3. The smallest absolute Gasteiger partial charge is 0.134 e. The number of hydrogen-bond donors (Lipinski definition) is 0. The molecule has 2 aromatic heterocycles. The van der Waals surface area contributed by atoms with E-state index in [9.17, 15) is 0 Å². The summed E-state index contributed by atoms with van der Waals surface area (Å²) in [7, 11) is 0. The number of aromatic nitrogens is 3. The first-order chi connectivity index (χ1) is 12.2. The van der Waals surface area contributed by atoms with Crippen LogP contribution in [0.1, 0.15) is 24.4 Å². The summed E-state index contributed by atoms with van der Waals surface area (Å²) >= 11 is 0. The van der Waals surface area contributed by atoms with E-state index in [0.29, 0.717) is 0 Å². The minimum atomic E-state index is 0.863. The third kappa shape index (κ3) is 3.52. The van der Waals surface area contributed by atoms with Gasteiger partial charge in [0, 0.05) is 51.0 Å². The molecule has 2 saturated heterocycles. The van der Waals surface area contributed by atoms with Crippen molar-refractivity contribution in [2.45, 2.75) is 26.7 Å². The Kier molecular flexibility index (Phi) is 4.42. The Bertz CT molecular complexity index is 732. The summed E-state index contributed by atoms with van der Waals surface area (Å²) in [6.07, 6.45) is 2.53. The van der Waals surface area contributed by atoms with Crippen molar-refractivity contribution in [3.63, 3.8) is 0 Å². The fourth-order valence-electron chi connectivity index (χ4n) is 3.68. The van der Waals surface area contributed by atoms with Gasteiger partial charge in [0.05, 0.1) is 0 Å². The zero-order valence-corrected chi connectivity index (χ0v) is 15.1. The van der Waals surface area contributed by atoms with Crippen molar-refractivity contribution in [3.05, 3.63) is 35.8 Å². The third-order valence-electron chi connectivity index (χ3n) is 5.04. The Morgan fingerprint density at radius 1 is 0.680 bits per heavy atom. The molecule has 0 bridgehead atoms. The van der Waals surface area contributed by atoms with Crippen molar-refractivity contribution >= 4 is 17.5 Å². The minimum absolute atomic E-state index is 0.863. The first-order valence-electron chi connectivity index (χ1n) is 9.23. The molecule has 0 spiro atoms. The average Bonchev–Trinajstić information content (AvgIpc) is 3.16. The summed E-state index contributed by atoms with van der Waals surface area (Å²) in [4.78, 5) is 21.1. The molecule has 0 amide bonds. The molecule has 6 nitrogen and oxygen atoms in total. The SMILES string of the molecule is Cc1cccc(N2CCN(c3cc(N4CCCC4)nc(C)n3)CC2)n1. The van der Waals surface area contributed by atoms with Gasteiger partial charge in [0.1, 0.15) is 23.3 Å². The molecule has 6 heteroatoms. The van der Waals surface area contributed by atoms with Crippen LogP contribution in [-0.2, 0) is 0 Å². The standard InChI is InChI=1S/C19H26N6/c1-15-6-5-7-17(20-15)24-10-12-25(13-11-24)19-14-18(21-16(2)22-19)23-8-3-4-9-23/h5-7,14H,3-4,8-13H2,1-2H3. The van der Waals surface area contributed by atoms with Crippen LogP contribution in [0, 0.1) is 13.8 Å². The van der Waals surface area contributed by atoms with Gasteiger partial charge in [-0.2, -0.15) is 0 Å². The lowest BCUT2D eigenvalue weighted by atomic mass is 10.3. The predicted molar refractivity (Wildman–Crippen MR) is 102 cm³/mol. The molecule has 132 valence electrons. The quantitative estimate of drug-likeness (QED) is 0.857. The number of pyridine rings is 1. The maximum absolute atomic E-state index is 4.69. The van der Waals surface area contributed by atoms with E-state index in [2.05, 4.69) is 42.9 Å². The zero-order chi connectivity index (χ0) is 17.2. The number of hydrogen-bond acceptors (Lipinski definition) is 6. The molecule has 0 aromatic carbocycles. The van der Waals surface area contributed by atoms with Gasteiger partial charge in [-0.05, 0) is 38.8 Å². The predicted octanol–water partition coefficient (Wildman–Crippen LogP) is 2.42. The van der Waals surface area contributed by atoms with E-state index in [-0.39, 0.29) is 0 Å². The number of aryl methyl sites for hydroxylation is 2. The fraction of sp³-hybridized carbons (Fsp3) is 0.526. The van der Waals surface area contributed by atoms with Crippen LogP contribution in [0.15, 0.2) is 24.3 Å². The summed E-state index contributed by atoms with van der Waals surface area (Å²) < 4.78 is 0. The number of nitrogens with zero attached hydrogens (tertiary/aromatic N) is 6. The molecule has 0 aliphatic carbocycles. The summed E-state index contributed by atoms with van der Waals surface area (Å²) in [6, 6.07) is 8.39. The highest BCUT2D eigenvalue weighted by Crippen LogP contribution is 2.24. The second kappa shape index (κ2) is 6.86. The molecule has 4 heterocycles. The van der Waals surface area contributed by atoms with Crippen molar-refractivity contribution < 1.29 is 0 Å². The van der Waals surface area contributed by atoms with E-state index in [1.807, 2.05) is 19.9 Å². The normalized spacial score (nSPS) is 18.1. The molecule has 0 unspecified atom stereocenters. The monoisotopic (exact) mass is 338 g/mol. The van der Waals surface area contributed by atoms with Gasteiger partial charge in [-0.15, -0.1) is 0 Å². The van der Waals surface area contributed by atoms with Crippen LogP contribution in [0.4, 0.5) is 17.5 Å². The molecule has 0 saturated carbocycles. The van der Waals surface area contributed by atoms with Gasteiger partial charge >= 0.3 is 0 Å². The second-order valence-electron chi connectivity index (χ2n) is 6.94. The molecular weight excluding hydrogens is 312 g/mol. The molecule has 0 radical (unpaired) electrons. The van der Waals surface area contributed by atoms with E-state index in [1.54, 1.807) is 0 Å². The summed E-state index contributed by atoms with van der Waals surface area (Å²) in [6.45, 7) is 10.1. The van der Waals surface area contributed by atoms with E-state index in [4.69, 9.17) is 4.98 Å². The summed E-state index contributed by atoms with van der Waals surface area (Å²) in [5, 5.41) is 0. The Morgan fingerprint density at radius 2 is 1.24 bits per heavy atom. The van der Waals surface area contributed by atoms with Crippen LogP contribution >= 0.6 is 0 Å². The zero-order valence-electron chi connectivity index (χ0n) is 15.1. The first-order valence-corrected chi connectivity index (χ1v) is 9.23. The highest BCUT2D eigenvalue weighted by atomic mass is 15.3. The molecule has 2 aromatic rings. The Labute approximate surface area is 149 Å². The molecule has 0 N–H and O–H groups in total. The van der Waals surface area contributed by atoms with Crippen LogP contribution in [0.2, 0.25) is 0 Å². The highest BCUT2D eigenvalue weighted by Gasteiger charge is 2.21. The van der Waals surface area contributed by atoms with Crippen LogP contribution in [0.5, 0.6) is 0 Å². The number of anilines is 3. The van der Waals surface area contributed by atoms with Crippen LogP contribution in [0.3, 0.4) is 0 Å². The Balaban J connectivity index is 1.47. The van der Waals surface area contributed by atoms with E-state index >= 15 is 0 Å². The summed E-state index contributed by atoms with van der Waals surface area (Å²) in [5.41, 5.74) is 1.07. The lowest BCUT2D eigenvalue weighted by Gasteiger charge is -2.36.